The van der Waals surface area contributed by atoms with E-state index in [0.29, 0.717) is 46.9 Å². The van der Waals surface area contributed by atoms with E-state index in [9.17, 15) is 13.2 Å². The van der Waals surface area contributed by atoms with Crippen molar-refractivity contribution in [3.8, 4) is 11.5 Å². The van der Waals surface area contributed by atoms with Crippen molar-refractivity contribution in [2.75, 3.05) is 26.4 Å². The number of aromatic nitrogens is 1. The molecule has 3 heterocycles. The zero-order valence-electron chi connectivity index (χ0n) is 17.8. The molecule has 0 radical (unpaired) electrons. The summed E-state index contributed by atoms with van der Waals surface area (Å²) in [5, 5.41) is 0.740. The number of hydrogen-bond acceptors (Lipinski definition) is 6. The van der Waals surface area contributed by atoms with Gasteiger partial charge in [0.15, 0.2) is 11.5 Å². The fourth-order valence-electron chi connectivity index (χ4n) is 4.15. The van der Waals surface area contributed by atoms with E-state index in [4.69, 9.17) is 14.2 Å². The fourth-order valence-corrected chi connectivity index (χ4v) is 6.56. The molecule has 5 rings (SSSR count). The molecule has 0 spiro atoms. The van der Waals surface area contributed by atoms with E-state index >= 15 is 0 Å². The molecule has 3 aromatic rings. The second-order valence-electron chi connectivity index (χ2n) is 8.07. The van der Waals surface area contributed by atoms with Crippen LogP contribution in [0, 0.1) is 0 Å². The first-order valence-electron chi connectivity index (χ1n) is 10.7. The standard InChI is InChI=1S/C23H23BrN2O6S/c24-18-5-1-2-6-22(18)33(28,29)26(14-17-4-3-7-30-17)13-16-10-15-11-20-21(32-9-8-31-20)12-19(15)25-23(16)27/h1-2,5-6,10-12,17H,3-4,7-9,13-14H2,(H,25,27). The van der Waals surface area contributed by atoms with Crippen LogP contribution in [0.5, 0.6) is 11.5 Å². The van der Waals surface area contributed by atoms with Crippen molar-refractivity contribution in [3.05, 3.63) is 62.9 Å². The Bertz CT molecular complexity index is 1350. The predicted molar refractivity (Wildman–Crippen MR) is 126 cm³/mol. The van der Waals surface area contributed by atoms with Gasteiger partial charge in [0, 0.05) is 41.2 Å². The Morgan fingerprint density at radius 1 is 1.06 bits per heavy atom. The Morgan fingerprint density at radius 2 is 1.82 bits per heavy atom. The summed E-state index contributed by atoms with van der Waals surface area (Å²) in [5.41, 5.74) is 0.596. The number of sulfonamides is 1. The maximum Gasteiger partial charge on any atom is 0.252 e. The highest BCUT2D eigenvalue weighted by Gasteiger charge is 2.31. The fraction of sp³-hybridized carbons (Fsp3) is 0.348. The minimum atomic E-state index is -3.89. The van der Waals surface area contributed by atoms with Crippen LogP contribution in [0.1, 0.15) is 18.4 Å². The number of nitrogens with zero attached hydrogens (tertiary/aromatic N) is 1. The molecule has 2 aliphatic rings. The molecule has 1 N–H and O–H groups in total. The molecule has 1 unspecified atom stereocenters. The molecule has 0 aliphatic carbocycles. The summed E-state index contributed by atoms with van der Waals surface area (Å²) in [6.07, 6.45) is 1.45. The molecule has 1 saturated heterocycles. The van der Waals surface area contributed by atoms with Gasteiger partial charge in [-0.2, -0.15) is 4.31 Å². The minimum absolute atomic E-state index is 0.0801. The minimum Gasteiger partial charge on any atom is -0.486 e. The summed E-state index contributed by atoms with van der Waals surface area (Å²) < 4.78 is 46.0. The van der Waals surface area contributed by atoms with Crippen molar-refractivity contribution < 1.29 is 22.6 Å². The molecule has 8 nitrogen and oxygen atoms in total. The van der Waals surface area contributed by atoms with Gasteiger partial charge in [-0.1, -0.05) is 12.1 Å². The van der Waals surface area contributed by atoms with Crippen LogP contribution < -0.4 is 15.0 Å². The van der Waals surface area contributed by atoms with Crippen LogP contribution in [0.2, 0.25) is 0 Å². The number of H-pyrrole nitrogens is 1. The first-order chi connectivity index (χ1) is 15.9. The summed E-state index contributed by atoms with van der Waals surface area (Å²) in [7, 11) is -3.89. The van der Waals surface area contributed by atoms with Crippen LogP contribution in [0.25, 0.3) is 10.9 Å². The molecule has 1 atom stereocenters. The summed E-state index contributed by atoms with van der Waals surface area (Å²) in [6.45, 7) is 1.60. The van der Waals surface area contributed by atoms with Crippen molar-refractivity contribution in [1.29, 1.82) is 0 Å². The maximum atomic E-state index is 13.6. The zero-order valence-corrected chi connectivity index (χ0v) is 20.2. The van der Waals surface area contributed by atoms with Gasteiger partial charge in [-0.15, -0.1) is 0 Å². The van der Waals surface area contributed by atoms with Gasteiger partial charge in [-0.05, 0) is 53.0 Å². The van der Waals surface area contributed by atoms with Gasteiger partial charge < -0.3 is 19.2 Å². The monoisotopic (exact) mass is 534 g/mol. The van der Waals surface area contributed by atoms with E-state index in [1.807, 2.05) is 0 Å². The number of aromatic amines is 1. The third-order valence-corrected chi connectivity index (χ3v) is 8.64. The number of hydrogen-bond donors (Lipinski definition) is 1. The number of nitrogens with one attached hydrogen (secondary N) is 1. The normalized spacial score (nSPS) is 18.2. The third kappa shape index (κ3) is 4.52. The van der Waals surface area contributed by atoms with E-state index in [0.717, 1.165) is 18.2 Å². The smallest absolute Gasteiger partial charge is 0.252 e. The molecular formula is C23H23BrN2O6S. The highest BCUT2D eigenvalue weighted by atomic mass is 79.9. The van der Waals surface area contributed by atoms with Gasteiger partial charge in [0.05, 0.1) is 16.5 Å². The molecule has 33 heavy (non-hydrogen) atoms. The van der Waals surface area contributed by atoms with E-state index in [1.54, 1.807) is 42.5 Å². The molecule has 0 amide bonds. The molecular weight excluding hydrogens is 512 g/mol. The van der Waals surface area contributed by atoms with Crippen LogP contribution in [0.15, 0.2) is 56.6 Å². The summed E-state index contributed by atoms with van der Waals surface area (Å²) in [6, 6.07) is 11.9. The number of rotatable bonds is 6. The molecule has 10 heteroatoms. The number of fused-ring (bicyclic) bond motifs is 2. The third-order valence-electron chi connectivity index (χ3n) is 5.82. The van der Waals surface area contributed by atoms with E-state index < -0.39 is 10.0 Å². The molecule has 2 aliphatic heterocycles. The average Bonchev–Trinajstić information content (AvgIpc) is 3.31. The summed E-state index contributed by atoms with van der Waals surface area (Å²) in [5.74, 6) is 1.18. The van der Waals surface area contributed by atoms with Crippen molar-refractivity contribution in [2.45, 2.75) is 30.4 Å². The Labute approximate surface area is 199 Å². The summed E-state index contributed by atoms with van der Waals surface area (Å²) in [4.78, 5) is 15.9. The van der Waals surface area contributed by atoms with Crippen LogP contribution in [0.3, 0.4) is 0 Å². The van der Waals surface area contributed by atoms with E-state index in [2.05, 4.69) is 20.9 Å². The van der Waals surface area contributed by atoms with Crippen molar-refractivity contribution >= 4 is 36.9 Å². The first-order valence-corrected chi connectivity index (χ1v) is 13.0. The van der Waals surface area contributed by atoms with Crippen molar-refractivity contribution in [3.63, 3.8) is 0 Å². The van der Waals surface area contributed by atoms with Gasteiger partial charge in [0.1, 0.15) is 13.2 Å². The summed E-state index contributed by atoms with van der Waals surface area (Å²) >= 11 is 3.35. The maximum absolute atomic E-state index is 13.6. The number of benzene rings is 2. The lowest BCUT2D eigenvalue weighted by molar-refractivity contribution is 0.0925. The molecule has 1 fully saturated rings. The van der Waals surface area contributed by atoms with Gasteiger partial charge >= 0.3 is 0 Å². The van der Waals surface area contributed by atoms with Crippen molar-refractivity contribution in [1.82, 2.24) is 9.29 Å². The van der Waals surface area contributed by atoms with Gasteiger partial charge in [0.2, 0.25) is 10.0 Å². The van der Waals surface area contributed by atoms with E-state index in [1.165, 1.54) is 4.31 Å². The first kappa shape index (κ1) is 22.4. The van der Waals surface area contributed by atoms with Crippen LogP contribution in [-0.2, 0) is 21.3 Å². The molecule has 174 valence electrons. The van der Waals surface area contributed by atoms with Crippen LogP contribution in [0.4, 0.5) is 0 Å². The largest absolute Gasteiger partial charge is 0.486 e. The molecule has 2 aromatic carbocycles. The second kappa shape index (κ2) is 9.09. The van der Waals surface area contributed by atoms with E-state index in [-0.39, 0.29) is 29.6 Å². The molecule has 0 saturated carbocycles. The van der Waals surface area contributed by atoms with Gasteiger partial charge in [-0.3, -0.25) is 4.79 Å². The Morgan fingerprint density at radius 3 is 2.55 bits per heavy atom. The molecule has 1 aromatic heterocycles. The second-order valence-corrected chi connectivity index (χ2v) is 10.8. The number of pyridine rings is 1. The van der Waals surface area contributed by atoms with Gasteiger partial charge in [-0.25, -0.2) is 8.42 Å². The molecule has 0 bridgehead atoms. The zero-order chi connectivity index (χ0) is 23.0. The Kier molecular flexibility index (Phi) is 6.17. The lowest BCUT2D eigenvalue weighted by Crippen LogP contribution is -2.38. The predicted octanol–water partition coefficient (Wildman–Crippen LogP) is 3.43. The van der Waals surface area contributed by atoms with Gasteiger partial charge in [0.25, 0.3) is 5.56 Å². The topological polar surface area (TPSA) is 97.9 Å². The lowest BCUT2D eigenvalue weighted by Gasteiger charge is -2.25. The van der Waals surface area contributed by atoms with Crippen LogP contribution in [-0.4, -0.2) is 50.2 Å². The number of ether oxygens (including phenoxy) is 3. The average molecular weight is 535 g/mol. The number of halogens is 1. The quantitative estimate of drug-likeness (QED) is 0.520. The SMILES string of the molecule is O=c1[nH]c2cc3c(cc2cc1CN(CC1CCCO1)S(=O)(=O)c1ccccc1Br)OCCO3. The Hall–Kier alpha value is -2.40. The van der Waals surface area contributed by atoms with Crippen molar-refractivity contribution in [2.24, 2.45) is 0 Å². The Balaban J connectivity index is 1.54. The lowest BCUT2D eigenvalue weighted by atomic mass is 10.1. The highest BCUT2D eigenvalue weighted by Crippen LogP contribution is 2.34. The highest BCUT2D eigenvalue weighted by molar-refractivity contribution is 9.10. The van der Waals surface area contributed by atoms with Crippen LogP contribution >= 0.6 is 15.9 Å².